The maximum atomic E-state index is 13.4. The fourth-order valence-corrected chi connectivity index (χ4v) is 3.00. The fraction of sp³-hybridized carbons (Fsp3) is 0.333. The molecule has 2 heterocycles. The number of nitrogens with one attached hydrogen (secondary N) is 1. The molecule has 0 saturated heterocycles. The Morgan fingerprint density at radius 1 is 1.09 bits per heavy atom. The highest BCUT2D eigenvalue weighted by atomic mass is 19.1. The highest BCUT2D eigenvalue weighted by molar-refractivity contribution is 5.82. The molecule has 0 unspecified atom stereocenters. The van der Waals surface area contributed by atoms with Crippen molar-refractivity contribution in [2.75, 3.05) is 0 Å². The monoisotopic (exact) mass is 313 g/mol. The van der Waals surface area contributed by atoms with Crippen LogP contribution >= 0.6 is 0 Å². The van der Waals surface area contributed by atoms with Gasteiger partial charge in [-0.2, -0.15) is 0 Å². The van der Waals surface area contributed by atoms with Crippen LogP contribution in [0.3, 0.4) is 0 Å². The van der Waals surface area contributed by atoms with Gasteiger partial charge >= 0.3 is 0 Å². The summed E-state index contributed by atoms with van der Waals surface area (Å²) in [5, 5.41) is 4.30. The molecule has 0 saturated carbocycles. The zero-order valence-electron chi connectivity index (χ0n) is 13.7. The van der Waals surface area contributed by atoms with E-state index in [1.165, 1.54) is 12.1 Å². The van der Waals surface area contributed by atoms with Gasteiger partial charge in [-0.1, -0.05) is 0 Å². The number of halogens is 1. The van der Waals surface area contributed by atoms with E-state index in [2.05, 4.69) is 15.3 Å². The van der Waals surface area contributed by atoms with Crippen LogP contribution in [0.25, 0.3) is 11.0 Å². The van der Waals surface area contributed by atoms with Gasteiger partial charge in [0.1, 0.15) is 17.2 Å². The van der Waals surface area contributed by atoms with Crippen molar-refractivity contribution in [2.45, 2.75) is 39.8 Å². The van der Waals surface area contributed by atoms with E-state index >= 15 is 0 Å². The lowest BCUT2D eigenvalue weighted by molar-refractivity contribution is 0.409. The van der Waals surface area contributed by atoms with Crippen LogP contribution in [0.1, 0.15) is 48.6 Å². The third kappa shape index (κ3) is 2.97. The van der Waals surface area contributed by atoms with Gasteiger partial charge in [0.25, 0.3) is 0 Å². The summed E-state index contributed by atoms with van der Waals surface area (Å²) in [6.45, 7) is 7.98. The molecule has 0 aliphatic heterocycles. The second-order valence-electron chi connectivity index (χ2n) is 5.87. The summed E-state index contributed by atoms with van der Waals surface area (Å²) in [6.07, 6.45) is 3.38. The van der Waals surface area contributed by atoms with Gasteiger partial charge in [-0.3, -0.25) is 15.3 Å². The lowest BCUT2D eigenvalue weighted by atomic mass is 10.1. The predicted molar refractivity (Wildman–Crippen MR) is 87.6 cm³/mol. The molecule has 5 heteroatoms. The molecular formula is C18H20FN3O. The van der Waals surface area contributed by atoms with Crippen LogP contribution in [0, 0.1) is 19.7 Å². The van der Waals surface area contributed by atoms with Crippen molar-refractivity contribution in [3.05, 3.63) is 59.1 Å². The molecule has 3 aromatic rings. The number of nitrogens with zero attached hydrogens (tertiary/aromatic N) is 2. The lowest BCUT2D eigenvalue weighted by Gasteiger charge is -2.19. The molecule has 3 rings (SSSR count). The molecular weight excluding hydrogens is 293 g/mol. The first-order valence-electron chi connectivity index (χ1n) is 7.69. The number of hydrogen-bond donors (Lipinski definition) is 1. The topological polar surface area (TPSA) is 51.0 Å². The van der Waals surface area contributed by atoms with Crippen LogP contribution in [0.4, 0.5) is 4.39 Å². The number of aromatic nitrogens is 2. The average molecular weight is 313 g/mol. The summed E-state index contributed by atoms with van der Waals surface area (Å²) in [5.74, 6) is 0.566. The van der Waals surface area contributed by atoms with Crippen LogP contribution in [-0.2, 0) is 0 Å². The van der Waals surface area contributed by atoms with Crippen molar-refractivity contribution in [1.29, 1.82) is 0 Å². The number of rotatable bonds is 4. The normalized spacial score (nSPS) is 14.1. The first kappa shape index (κ1) is 15.6. The molecule has 23 heavy (non-hydrogen) atoms. The average Bonchev–Trinajstić information content (AvgIpc) is 2.84. The fourth-order valence-electron chi connectivity index (χ4n) is 3.00. The van der Waals surface area contributed by atoms with Gasteiger partial charge in [0.2, 0.25) is 0 Å². The maximum Gasteiger partial charge on any atom is 0.134 e. The zero-order chi connectivity index (χ0) is 16.6. The minimum atomic E-state index is -0.253. The molecule has 2 atom stereocenters. The molecule has 0 spiro atoms. The number of aryl methyl sites for hydroxylation is 2. The van der Waals surface area contributed by atoms with E-state index in [1.54, 1.807) is 18.5 Å². The number of furan rings is 1. The largest absolute Gasteiger partial charge is 0.459 e. The van der Waals surface area contributed by atoms with Gasteiger partial charge in [0.15, 0.2) is 0 Å². The quantitative estimate of drug-likeness (QED) is 0.776. The van der Waals surface area contributed by atoms with E-state index in [0.717, 1.165) is 28.1 Å². The summed E-state index contributed by atoms with van der Waals surface area (Å²) in [5.41, 5.74) is 3.49. The second kappa shape index (κ2) is 6.08. The summed E-state index contributed by atoms with van der Waals surface area (Å²) < 4.78 is 19.3. The molecule has 4 nitrogen and oxygen atoms in total. The highest BCUT2D eigenvalue weighted by Gasteiger charge is 2.20. The Balaban J connectivity index is 1.87. The first-order chi connectivity index (χ1) is 11.0. The van der Waals surface area contributed by atoms with Crippen LogP contribution in [0.15, 0.2) is 35.0 Å². The highest BCUT2D eigenvalue weighted by Crippen LogP contribution is 2.31. The molecule has 0 fully saturated rings. The maximum absolute atomic E-state index is 13.4. The first-order valence-corrected chi connectivity index (χ1v) is 7.69. The molecule has 0 aliphatic carbocycles. The smallest absolute Gasteiger partial charge is 0.134 e. The van der Waals surface area contributed by atoms with Gasteiger partial charge < -0.3 is 4.42 Å². The third-order valence-corrected chi connectivity index (χ3v) is 4.16. The molecule has 0 aliphatic rings. The molecule has 0 bridgehead atoms. The van der Waals surface area contributed by atoms with Crippen LogP contribution in [0.5, 0.6) is 0 Å². The van der Waals surface area contributed by atoms with Gasteiger partial charge in [-0.15, -0.1) is 0 Å². The van der Waals surface area contributed by atoms with Crippen molar-refractivity contribution in [2.24, 2.45) is 0 Å². The molecule has 120 valence electrons. The Hall–Kier alpha value is -2.27. The van der Waals surface area contributed by atoms with E-state index in [1.807, 2.05) is 27.7 Å². The van der Waals surface area contributed by atoms with Crippen LogP contribution < -0.4 is 5.32 Å². The Morgan fingerprint density at radius 3 is 2.57 bits per heavy atom. The predicted octanol–water partition coefficient (Wildman–Crippen LogP) is 4.39. The van der Waals surface area contributed by atoms with Gasteiger partial charge in [-0.05, 0) is 45.9 Å². The van der Waals surface area contributed by atoms with E-state index in [0.29, 0.717) is 5.58 Å². The van der Waals surface area contributed by atoms with Crippen molar-refractivity contribution in [3.8, 4) is 0 Å². The summed E-state index contributed by atoms with van der Waals surface area (Å²) in [7, 11) is 0. The number of fused-ring (bicyclic) bond motifs is 1. The molecule has 1 aromatic carbocycles. The van der Waals surface area contributed by atoms with Gasteiger partial charge in [0, 0.05) is 29.4 Å². The van der Waals surface area contributed by atoms with Crippen LogP contribution in [-0.4, -0.2) is 9.97 Å². The lowest BCUT2D eigenvalue weighted by Crippen LogP contribution is -2.24. The number of hydrogen-bond acceptors (Lipinski definition) is 4. The van der Waals surface area contributed by atoms with Crippen molar-refractivity contribution < 1.29 is 8.81 Å². The van der Waals surface area contributed by atoms with E-state index < -0.39 is 0 Å². The minimum absolute atomic E-state index is 0.0260. The standard InChI is InChI=1S/C18H20FN3O/c1-10-15-9-14(19)5-6-16(15)23-18(10)13(4)22-12(3)17-11(2)20-7-8-21-17/h5-9,12-13,22H,1-4H3/t12-,13+/m1/s1. The van der Waals surface area contributed by atoms with Crippen molar-refractivity contribution >= 4 is 11.0 Å². The molecule has 1 N–H and O–H groups in total. The third-order valence-electron chi connectivity index (χ3n) is 4.16. The Morgan fingerprint density at radius 2 is 1.83 bits per heavy atom. The van der Waals surface area contributed by atoms with Crippen LogP contribution in [0.2, 0.25) is 0 Å². The Bertz CT molecular complexity index is 843. The number of benzene rings is 1. The van der Waals surface area contributed by atoms with E-state index in [9.17, 15) is 4.39 Å². The molecule has 0 radical (unpaired) electrons. The summed E-state index contributed by atoms with van der Waals surface area (Å²) in [6, 6.07) is 4.61. The van der Waals surface area contributed by atoms with Gasteiger partial charge in [0.05, 0.1) is 17.4 Å². The van der Waals surface area contributed by atoms with Gasteiger partial charge in [-0.25, -0.2) is 4.39 Å². The minimum Gasteiger partial charge on any atom is -0.459 e. The Labute approximate surface area is 134 Å². The van der Waals surface area contributed by atoms with Crippen molar-refractivity contribution in [1.82, 2.24) is 15.3 Å². The SMILES string of the molecule is Cc1nccnc1[C@@H](C)N[C@@H](C)c1oc2ccc(F)cc2c1C. The summed E-state index contributed by atoms with van der Waals surface area (Å²) in [4.78, 5) is 8.67. The van der Waals surface area contributed by atoms with E-state index in [4.69, 9.17) is 4.42 Å². The Kier molecular flexibility index (Phi) is 4.13. The molecule has 2 aromatic heterocycles. The zero-order valence-corrected chi connectivity index (χ0v) is 13.7. The van der Waals surface area contributed by atoms with Crippen molar-refractivity contribution in [3.63, 3.8) is 0 Å². The second-order valence-corrected chi connectivity index (χ2v) is 5.87. The van der Waals surface area contributed by atoms with E-state index in [-0.39, 0.29) is 17.9 Å². The molecule has 0 amide bonds. The summed E-state index contributed by atoms with van der Waals surface area (Å²) >= 11 is 0.